The highest BCUT2D eigenvalue weighted by atomic mass is 16.5. The zero-order chi connectivity index (χ0) is 18.6. The molecule has 0 unspecified atom stereocenters. The van der Waals surface area contributed by atoms with Gasteiger partial charge >= 0.3 is 0 Å². The number of hydrogen-bond acceptors (Lipinski definition) is 7. The lowest BCUT2D eigenvalue weighted by atomic mass is 10.1. The van der Waals surface area contributed by atoms with E-state index in [-0.39, 0.29) is 11.6 Å². The van der Waals surface area contributed by atoms with E-state index in [1.807, 2.05) is 36.4 Å². The molecule has 4 rings (SSSR count). The molecule has 0 saturated heterocycles. The summed E-state index contributed by atoms with van der Waals surface area (Å²) in [6.45, 7) is 0. The van der Waals surface area contributed by atoms with Crippen LogP contribution < -0.4 is 5.32 Å². The Labute approximate surface area is 154 Å². The molecule has 0 atom stereocenters. The number of benzene rings is 1. The Bertz CT molecular complexity index is 1070. The molecule has 1 N–H and O–H groups in total. The summed E-state index contributed by atoms with van der Waals surface area (Å²) in [6.07, 6.45) is 5.28. The zero-order valence-electron chi connectivity index (χ0n) is 14.4. The number of anilines is 1. The lowest BCUT2D eigenvalue weighted by molar-refractivity contribution is 0.102. The van der Waals surface area contributed by atoms with Crippen molar-refractivity contribution >= 4 is 11.6 Å². The van der Waals surface area contributed by atoms with Gasteiger partial charge in [0, 0.05) is 30.7 Å². The monoisotopic (exact) mass is 361 g/mol. The number of rotatable bonds is 5. The molecule has 0 aliphatic heterocycles. The molecular weight excluding hydrogens is 346 g/mol. The Kier molecular flexibility index (Phi) is 4.40. The Morgan fingerprint density at radius 3 is 2.78 bits per heavy atom. The minimum absolute atomic E-state index is 0.241. The molecule has 4 aromatic rings. The molecular formula is C18H15N7O2. The number of para-hydroxylation sites is 1. The molecule has 3 heterocycles. The second-order valence-electron chi connectivity index (χ2n) is 5.81. The summed E-state index contributed by atoms with van der Waals surface area (Å²) in [6, 6.07) is 11.0. The van der Waals surface area contributed by atoms with Crippen LogP contribution in [0.2, 0.25) is 0 Å². The standard InChI is InChI=1S/C18H15N7O2/c1-25-11-15(22-24-25)18(26)20-14-5-3-2-4-13(14)10-16-21-17(23-27-16)12-6-8-19-9-7-12/h2-9,11H,10H2,1H3,(H,20,26). The summed E-state index contributed by atoms with van der Waals surface area (Å²) in [4.78, 5) is 20.7. The van der Waals surface area contributed by atoms with Crippen LogP contribution >= 0.6 is 0 Å². The normalized spacial score (nSPS) is 10.7. The lowest BCUT2D eigenvalue weighted by Crippen LogP contribution is -2.14. The number of aryl methyl sites for hydroxylation is 1. The van der Waals surface area contributed by atoms with E-state index >= 15 is 0 Å². The van der Waals surface area contributed by atoms with E-state index in [4.69, 9.17) is 4.52 Å². The van der Waals surface area contributed by atoms with Crippen molar-refractivity contribution in [2.24, 2.45) is 7.05 Å². The summed E-state index contributed by atoms with van der Waals surface area (Å²) in [5.41, 5.74) is 2.56. The molecule has 0 spiro atoms. The maximum Gasteiger partial charge on any atom is 0.277 e. The fourth-order valence-electron chi connectivity index (χ4n) is 2.54. The Morgan fingerprint density at radius 2 is 2.00 bits per heavy atom. The highest BCUT2D eigenvalue weighted by molar-refractivity contribution is 6.03. The maximum absolute atomic E-state index is 12.3. The first-order valence-corrected chi connectivity index (χ1v) is 8.17. The van der Waals surface area contributed by atoms with E-state index in [1.165, 1.54) is 4.68 Å². The zero-order valence-corrected chi connectivity index (χ0v) is 14.4. The topological polar surface area (TPSA) is 112 Å². The van der Waals surface area contributed by atoms with Crippen LogP contribution in [-0.2, 0) is 13.5 Å². The molecule has 1 amide bonds. The van der Waals surface area contributed by atoms with Crippen LogP contribution in [0.4, 0.5) is 5.69 Å². The first kappa shape index (κ1) is 16.6. The molecule has 9 heteroatoms. The number of hydrogen-bond donors (Lipinski definition) is 1. The van der Waals surface area contributed by atoms with Crippen LogP contribution in [0, 0.1) is 0 Å². The van der Waals surface area contributed by atoms with Crippen LogP contribution in [0.25, 0.3) is 11.4 Å². The number of aromatic nitrogens is 6. The number of pyridine rings is 1. The van der Waals surface area contributed by atoms with Gasteiger partial charge in [-0.05, 0) is 23.8 Å². The van der Waals surface area contributed by atoms with E-state index in [0.29, 0.717) is 23.8 Å². The van der Waals surface area contributed by atoms with E-state index in [2.05, 4.69) is 30.8 Å². The summed E-state index contributed by atoms with van der Waals surface area (Å²) >= 11 is 0. The molecule has 27 heavy (non-hydrogen) atoms. The van der Waals surface area contributed by atoms with Crippen LogP contribution in [0.15, 0.2) is 59.5 Å². The van der Waals surface area contributed by atoms with Crippen molar-refractivity contribution in [3.8, 4) is 11.4 Å². The van der Waals surface area contributed by atoms with E-state index < -0.39 is 0 Å². The highest BCUT2D eigenvalue weighted by Crippen LogP contribution is 2.21. The first-order valence-electron chi connectivity index (χ1n) is 8.17. The SMILES string of the molecule is Cn1cc(C(=O)Nc2ccccc2Cc2nc(-c3ccncc3)no2)nn1. The predicted molar refractivity (Wildman–Crippen MR) is 95.7 cm³/mol. The first-order chi connectivity index (χ1) is 13.2. The quantitative estimate of drug-likeness (QED) is 0.579. The Balaban J connectivity index is 1.53. The van der Waals surface area contributed by atoms with Crippen molar-refractivity contribution in [3.05, 3.63) is 72.1 Å². The third-order valence-corrected chi connectivity index (χ3v) is 3.85. The lowest BCUT2D eigenvalue weighted by Gasteiger charge is -2.08. The molecule has 0 fully saturated rings. The molecule has 1 aromatic carbocycles. The summed E-state index contributed by atoms with van der Waals surface area (Å²) < 4.78 is 6.82. The fourth-order valence-corrected chi connectivity index (χ4v) is 2.54. The number of nitrogens with one attached hydrogen (secondary N) is 1. The van der Waals surface area contributed by atoms with Gasteiger partial charge in [-0.15, -0.1) is 5.10 Å². The molecule has 0 bridgehead atoms. The summed E-state index contributed by atoms with van der Waals surface area (Å²) in [7, 11) is 1.70. The van der Waals surface area contributed by atoms with Crippen molar-refractivity contribution in [2.75, 3.05) is 5.32 Å². The average molecular weight is 361 g/mol. The van der Waals surface area contributed by atoms with E-state index in [0.717, 1.165) is 11.1 Å². The Hall–Kier alpha value is -3.88. The van der Waals surface area contributed by atoms with Gasteiger partial charge in [0.05, 0.1) is 12.6 Å². The maximum atomic E-state index is 12.3. The second-order valence-corrected chi connectivity index (χ2v) is 5.81. The molecule has 9 nitrogen and oxygen atoms in total. The fraction of sp³-hybridized carbons (Fsp3) is 0.111. The minimum atomic E-state index is -0.335. The van der Waals surface area contributed by atoms with Gasteiger partial charge in [-0.2, -0.15) is 4.98 Å². The van der Waals surface area contributed by atoms with Gasteiger partial charge in [0.2, 0.25) is 11.7 Å². The van der Waals surface area contributed by atoms with Crippen molar-refractivity contribution < 1.29 is 9.32 Å². The number of carbonyl (C=O) groups excluding carboxylic acids is 1. The molecule has 134 valence electrons. The summed E-state index contributed by atoms with van der Waals surface area (Å²) in [5.74, 6) is 0.607. The van der Waals surface area contributed by atoms with Gasteiger partial charge in [-0.3, -0.25) is 14.5 Å². The van der Waals surface area contributed by atoms with Gasteiger partial charge in [0.15, 0.2) is 5.69 Å². The molecule has 3 aromatic heterocycles. The number of nitrogens with zero attached hydrogens (tertiary/aromatic N) is 6. The van der Waals surface area contributed by atoms with Crippen LogP contribution in [-0.4, -0.2) is 36.0 Å². The number of amides is 1. The van der Waals surface area contributed by atoms with Gasteiger partial charge in [-0.25, -0.2) is 0 Å². The van der Waals surface area contributed by atoms with Gasteiger partial charge in [-0.1, -0.05) is 28.6 Å². The van der Waals surface area contributed by atoms with E-state index in [1.54, 1.807) is 25.6 Å². The van der Waals surface area contributed by atoms with Gasteiger partial charge in [0.25, 0.3) is 5.91 Å². The second kappa shape index (κ2) is 7.16. The van der Waals surface area contributed by atoms with Gasteiger partial charge < -0.3 is 9.84 Å². The van der Waals surface area contributed by atoms with Crippen LogP contribution in [0.3, 0.4) is 0 Å². The van der Waals surface area contributed by atoms with Crippen molar-refractivity contribution in [1.82, 2.24) is 30.1 Å². The molecule has 0 aliphatic carbocycles. The smallest absolute Gasteiger partial charge is 0.277 e. The summed E-state index contributed by atoms with van der Waals surface area (Å²) in [5, 5.41) is 14.4. The minimum Gasteiger partial charge on any atom is -0.339 e. The van der Waals surface area contributed by atoms with Crippen molar-refractivity contribution in [1.29, 1.82) is 0 Å². The Morgan fingerprint density at radius 1 is 1.19 bits per heavy atom. The number of carbonyl (C=O) groups is 1. The van der Waals surface area contributed by atoms with Crippen LogP contribution in [0.1, 0.15) is 21.9 Å². The molecule has 0 aliphatic rings. The molecule has 0 radical (unpaired) electrons. The molecule has 0 saturated carbocycles. The van der Waals surface area contributed by atoms with Crippen molar-refractivity contribution in [3.63, 3.8) is 0 Å². The largest absolute Gasteiger partial charge is 0.339 e. The van der Waals surface area contributed by atoms with Crippen molar-refractivity contribution in [2.45, 2.75) is 6.42 Å². The van der Waals surface area contributed by atoms with E-state index in [9.17, 15) is 4.79 Å². The highest BCUT2D eigenvalue weighted by Gasteiger charge is 2.15. The average Bonchev–Trinajstić information content (AvgIpc) is 3.33. The predicted octanol–water partition coefficient (Wildman–Crippen LogP) is 2.10. The van der Waals surface area contributed by atoms with Gasteiger partial charge in [0.1, 0.15) is 0 Å². The van der Waals surface area contributed by atoms with Crippen LogP contribution in [0.5, 0.6) is 0 Å². The third-order valence-electron chi connectivity index (χ3n) is 3.85. The third kappa shape index (κ3) is 3.71.